The Balaban J connectivity index is 2.69. The second-order valence-corrected chi connectivity index (χ2v) is 6.53. The molecular formula is C8H4KO2. The van der Waals surface area contributed by atoms with Crippen LogP contribution in [0.4, 0.5) is 0 Å². The average molecular weight is 171 g/mol. The molecule has 1 heterocycles. The molecule has 0 bridgehead atoms. The molecule has 3 heteroatoms. The van der Waals surface area contributed by atoms with Crippen LogP contribution in [0.1, 0.15) is 20.7 Å². The summed E-state index contributed by atoms with van der Waals surface area (Å²) in [6, 6.07) is 7.12. The molecule has 2 rings (SSSR count). The number of hydrogen-bond donors (Lipinski definition) is 0. The third kappa shape index (κ3) is 1.27. The quantitative estimate of drug-likeness (QED) is 0.538. The summed E-state index contributed by atoms with van der Waals surface area (Å²) in [4.78, 5) is 22.3. The maximum absolute atomic E-state index is 11.2. The van der Waals surface area contributed by atoms with Gasteiger partial charge in [-0.2, -0.15) is 0 Å². The van der Waals surface area contributed by atoms with Crippen LogP contribution < -0.4 is 0 Å². The topological polar surface area (TPSA) is 34.1 Å². The second-order valence-electron chi connectivity index (χ2n) is 2.91. The maximum atomic E-state index is 11.2. The molecule has 11 heavy (non-hydrogen) atoms. The molecule has 0 fully saturated rings. The van der Waals surface area contributed by atoms with Gasteiger partial charge in [0.05, 0.1) is 0 Å². The first-order chi connectivity index (χ1) is 5.29. The van der Waals surface area contributed by atoms with E-state index in [4.69, 9.17) is 0 Å². The Morgan fingerprint density at radius 2 is 1.36 bits per heavy atom. The molecule has 1 aromatic carbocycles. The number of carbonyl (C=O) groups excluding carboxylic acids is 2. The summed E-state index contributed by atoms with van der Waals surface area (Å²) in [6.45, 7) is 0. The van der Waals surface area contributed by atoms with Gasteiger partial charge in [0.2, 0.25) is 0 Å². The van der Waals surface area contributed by atoms with E-state index in [1.54, 1.807) is 12.1 Å². The van der Waals surface area contributed by atoms with Gasteiger partial charge in [-0.25, -0.2) is 0 Å². The van der Waals surface area contributed by atoms with E-state index < -0.39 is 46.5 Å². The average Bonchev–Trinajstić information content (AvgIpc) is 2.30. The fourth-order valence-electron chi connectivity index (χ4n) is 1.57. The Morgan fingerprint density at radius 1 is 0.909 bits per heavy atom. The van der Waals surface area contributed by atoms with Crippen molar-refractivity contribution >= 4 is 46.3 Å². The minimum absolute atomic E-state index is 0.168. The summed E-state index contributed by atoms with van der Waals surface area (Å²) >= 11 is -1.83. The van der Waals surface area contributed by atoms with E-state index in [-0.39, 0.29) is -0.244 Å². The third-order valence-electron chi connectivity index (χ3n) is 2.14. The first kappa shape index (κ1) is 7.83. The Labute approximate surface area is 89.7 Å². The molecule has 2 nitrogen and oxygen atoms in total. The Hall–Kier alpha value is 0.196. The summed E-state index contributed by atoms with van der Waals surface area (Å²) in [5.74, 6) is 0. The third-order valence-corrected chi connectivity index (χ3v) is 5.24. The van der Waals surface area contributed by atoms with Crippen molar-refractivity contribution in [2.24, 2.45) is 0 Å². The van der Waals surface area contributed by atoms with E-state index in [2.05, 4.69) is 0 Å². The van der Waals surface area contributed by atoms with Crippen molar-refractivity contribution in [1.82, 2.24) is 0 Å². The van der Waals surface area contributed by atoms with Crippen molar-refractivity contribution in [2.45, 2.75) is 0 Å². The van der Waals surface area contributed by atoms with Gasteiger partial charge in [0.25, 0.3) is 0 Å². The molecule has 0 saturated heterocycles. The molecule has 0 aromatic heterocycles. The van der Waals surface area contributed by atoms with E-state index >= 15 is 0 Å². The van der Waals surface area contributed by atoms with E-state index in [1.165, 1.54) is 0 Å². The zero-order valence-corrected chi connectivity index (χ0v) is 9.25. The molecule has 1 aliphatic heterocycles. The van der Waals surface area contributed by atoms with Crippen LogP contribution in [-0.4, -0.2) is 46.3 Å². The summed E-state index contributed by atoms with van der Waals surface area (Å²) in [6.07, 6.45) is 0. The van der Waals surface area contributed by atoms with E-state index in [1.807, 2.05) is 12.1 Å². The van der Waals surface area contributed by atoms with Gasteiger partial charge in [-0.15, -0.1) is 0 Å². The van der Waals surface area contributed by atoms with Crippen LogP contribution in [0.15, 0.2) is 24.3 Å². The van der Waals surface area contributed by atoms with Crippen LogP contribution in [0.25, 0.3) is 0 Å². The number of fused-ring (bicyclic) bond motifs is 1. The zero-order chi connectivity index (χ0) is 7.84. The van der Waals surface area contributed by atoms with Gasteiger partial charge in [-0.1, -0.05) is 0 Å². The monoisotopic (exact) mass is 171 g/mol. The van der Waals surface area contributed by atoms with Crippen molar-refractivity contribution < 1.29 is 9.59 Å². The summed E-state index contributed by atoms with van der Waals surface area (Å²) in [5, 5.41) is 0. The van der Waals surface area contributed by atoms with Crippen molar-refractivity contribution in [3.05, 3.63) is 35.4 Å². The predicted molar refractivity (Wildman–Crippen MR) is 40.9 cm³/mol. The standard InChI is InChI=1S/C8H4O2.K/c9-5-7-3-1-2-4-8(7)6-10;/h1-4H;. The number of rotatable bonds is 0. The van der Waals surface area contributed by atoms with Gasteiger partial charge in [0.1, 0.15) is 0 Å². The predicted octanol–water partition coefficient (Wildman–Crippen LogP) is 0.685. The first-order valence-corrected chi connectivity index (χ1v) is 6.86. The summed E-state index contributed by atoms with van der Waals surface area (Å²) in [5.41, 5.74) is 1.36. The Morgan fingerprint density at radius 3 is 1.82 bits per heavy atom. The second kappa shape index (κ2) is 2.92. The normalized spacial score (nSPS) is 15.3. The van der Waals surface area contributed by atoms with Crippen molar-refractivity contribution in [3.8, 4) is 0 Å². The summed E-state index contributed by atoms with van der Waals surface area (Å²) < 4.78 is 0.337. The van der Waals surface area contributed by atoms with E-state index in [0.29, 0.717) is 11.1 Å². The van der Waals surface area contributed by atoms with Crippen molar-refractivity contribution in [1.29, 1.82) is 0 Å². The molecule has 49 valence electrons. The van der Waals surface area contributed by atoms with Gasteiger partial charge in [0, 0.05) is 0 Å². The van der Waals surface area contributed by atoms with Crippen LogP contribution >= 0.6 is 0 Å². The number of benzene rings is 1. The molecule has 0 unspecified atom stereocenters. The van der Waals surface area contributed by atoms with Gasteiger partial charge in [-0.3, -0.25) is 0 Å². The van der Waals surface area contributed by atoms with Crippen LogP contribution in [0, 0.1) is 0 Å². The van der Waals surface area contributed by atoms with Crippen LogP contribution in [0.3, 0.4) is 0 Å². The Kier molecular flexibility index (Phi) is 2.07. The molecule has 0 saturated carbocycles. The molecule has 0 N–H and O–H groups in total. The molecule has 0 amide bonds. The van der Waals surface area contributed by atoms with E-state index in [9.17, 15) is 9.59 Å². The Bertz CT molecular complexity index is 311. The van der Waals surface area contributed by atoms with Gasteiger partial charge < -0.3 is 0 Å². The molecule has 0 atom stereocenters. The zero-order valence-electron chi connectivity index (χ0n) is 6.13. The molecule has 1 aliphatic rings. The van der Waals surface area contributed by atoms with E-state index in [0.717, 1.165) is 0 Å². The van der Waals surface area contributed by atoms with Crippen LogP contribution in [0.2, 0.25) is 0 Å². The molecule has 1 aromatic rings. The molecule has 5 radical (unpaired) electrons. The number of hydrogen-bond acceptors (Lipinski definition) is 2. The fourth-order valence-corrected chi connectivity index (χ4v) is 4.42. The van der Waals surface area contributed by atoms with Crippen LogP contribution in [0.5, 0.6) is 0 Å². The molecule has 0 aliphatic carbocycles. The minimum atomic E-state index is -1.83. The van der Waals surface area contributed by atoms with Gasteiger partial charge >= 0.3 is 91.3 Å². The molecule has 0 spiro atoms. The van der Waals surface area contributed by atoms with Gasteiger partial charge in [-0.05, 0) is 0 Å². The number of carbonyl (C=O) groups is 2. The van der Waals surface area contributed by atoms with Crippen molar-refractivity contribution in [2.75, 3.05) is 0 Å². The summed E-state index contributed by atoms with van der Waals surface area (Å²) in [7, 11) is 0. The first-order valence-electron chi connectivity index (χ1n) is 3.74. The van der Waals surface area contributed by atoms with Crippen LogP contribution in [-0.2, 0) is 0 Å². The van der Waals surface area contributed by atoms with Gasteiger partial charge in [0.15, 0.2) is 0 Å². The SMILES string of the molecule is O=[C]1[K][C](=O)c2ccccc21. The molecular weight excluding hydrogens is 167 g/mol. The van der Waals surface area contributed by atoms with Crippen molar-refractivity contribution in [3.63, 3.8) is 0 Å². The fraction of sp³-hybridized carbons (Fsp3) is 0.